The number of aryl methyl sites for hydroxylation is 2. The average molecular weight is 359 g/mol. The van der Waals surface area contributed by atoms with Gasteiger partial charge in [-0.05, 0) is 18.6 Å². The molecule has 0 saturated heterocycles. The highest BCUT2D eigenvalue weighted by molar-refractivity contribution is 5.88. The molecular formula is C18H21N3O5. The van der Waals surface area contributed by atoms with Gasteiger partial charge in [0.05, 0.1) is 0 Å². The Morgan fingerprint density at radius 3 is 2.77 bits per heavy atom. The number of carboxylic acid groups (broad SMARTS) is 1. The fraction of sp³-hybridized carbons (Fsp3) is 0.389. The lowest BCUT2D eigenvalue weighted by Gasteiger charge is -2.29. The van der Waals surface area contributed by atoms with Crippen molar-refractivity contribution >= 4 is 11.9 Å². The summed E-state index contributed by atoms with van der Waals surface area (Å²) in [5.41, 5.74) is 2.19. The minimum atomic E-state index is -1.32. The Morgan fingerprint density at radius 2 is 2.08 bits per heavy atom. The smallest absolute Gasteiger partial charge is 0.356 e. The molecule has 1 aromatic carbocycles. The van der Waals surface area contributed by atoms with Gasteiger partial charge in [0.1, 0.15) is 12.4 Å². The molecule has 2 N–H and O–H groups in total. The highest BCUT2D eigenvalue weighted by atomic mass is 16.5. The van der Waals surface area contributed by atoms with E-state index >= 15 is 0 Å². The van der Waals surface area contributed by atoms with E-state index in [-0.39, 0.29) is 18.8 Å². The van der Waals surface area contributed by atoms with E-state index in [1.54, 1.807) is 17.8 Å². The predicted octanol–water partition coefficient (Wildman–Crippen LogP) is 0.751. The van der Waals surface area contributed by atoms with Gasteiger partial charge in [0.2, 0.25) is 0 Å². The van der Waals surface area contributed by atoms with Gasteiger partial charge in [-0.15, -0.1) is 0 Å². The first-order chi connectivity index (χ1) is 12.4. The van der Waals surface area contributed by atoms with Crippen LogP contribution >= 0.6 is 0 Å². The highest BCUT2D eigenvalue weighted by Gasteiger charge is 2.31. The number of aliphatic hydroxyl groups is 1. The van der Waals surface area contributed by atoms with Crippen molar-refractivity contribution in [1.29, 1.82) is 0 Å². The van der Waals surface area contributed by atoms with E-state index in [4.69, 9.17) is 4.74 Å². The van der Waals surface area contributed by atoms with Crippen molar-refractivity contribution in [3.05, 3.63) is 46.8 Å². The van der Waals surface area contributed by atoms with Crippen LogP contribution in [0.2, 0.25) is 0 Å². The summed E-state index contributed by atoms with van der Waals surface area (Å²) in [5, 5.41) is 23.5. The number of carbonyl (C=O) groups excluding carboxylic acids is 1. The van der Waals surface area contributed by atoms with E-state index in [2.05, 4.69) is 5.10 Å². The molecule has 0 bridgehead atoms. The zero-order valence-electron chi connectivity index (χ0n) is 14.7. The monoisotopic (exact) mass is 359 g/mol. The Balaban J connectivity index is 1.67. The van der Waals surface area contributed by atoms with E-state index < -0.39 is 18.0 Å². The van der Waals surface area contributed by atoms with Crippen LogP contribution in [-0.2, 0) is 24.8 Å². The van der Waals surface area contributed by atoms with Crippen molar-refractivity contribution in [3.8, 4) is 5.75 Å². The number of nitrogens with zero attached hydrogens (tertiary/aromatic N) is 3. The van der Waals surface area contributed by atoms with E-state index in [0.29, 0.717) is 24.3 Å². The molecule has 8 heteroatoms. The van der Waals surface area contributed by atoms with Gasteiger partial charge in [-0.2, -0.15) is 5.10 Å². The van der Waals surface area contributed by atoms with Crippen molar-refractivity contribution in [2.75, 3.05) is 13.2 Å². The van der Waals surface area contributed by atoms with Crippen molar-refractivity contribution in [1.82, 2.24) is 14.7 Å². The molecule has 1 unspecified atom stereocenters. The molecule has 0 saturated carbocycles. The van der Waals surface area contributed by atoms with E-state index in [0.717, 1.165) is 11.3 Å². The number of hydrogen-bond donors (Lipinski definition) is 2. The molecule has 3 rings (SSSR count). The molecule has 2 heterocycles. The summed E-state index contributed by atoms with van der Waals surface area (Å²) in [6, 6.07) is 7.35. The molecule has 138 valence electrons. The van der Waals surface area contributed by atoms with E-state index in [9.17, 15) is 19.8 Å². The van der Waals surface area contributed by atoms with Crippen LogP contribution in [0, 0.1) is 6.92 Å². The Hall–Kier alpha value is -2.87. The zero-order chi connectivity index (χ0) is 18.8. The van der Waals surface area contributed by atoms with E-state index in [1.165, 1.54) is 4.90 Å². The van der Waals surface area contributed by atoms with Gasteiger partial charge >= 0.3 is 5.97 Å². The molecule has 8 nitrogen and oxygen atoms in total. The summed E-state index contributed by atoms with van der Waals surface area (Å²) in [6.45, 7) is 2.23. The van der Waals surface area contributed by atoms with Gasteiger partial charge in [0, 0.05) is 37.8 Å². The van der Waals surface area contributed by atoms with Crippen molar-refractivity contribution in [2.24, 2.45) is 7.05 Å². The van der Waals surface area contributed by atoms with Crippen LogP contribution in [0.5, 0.6) is 5.75 Å². The first kappa shape index (κ1) is 17.9. The third-order valence-electron chi connectivity index (χ3n) is 4.53. The summed E-state index contributed by atoms with van der Waals surface area (Å²) in [5.74, 6) is -0.996. The van der Waals surface area contributed by atoms with E-state index in [1.807, 2.05) is 25.1 Å². The second-order valence-electron chi connectivity index (χ2n) is 6.30. The number of aromatic carboxylic acids is 1. The van der Waals surface area contributed by atoms with Crippen LogP contribution in [0.15, 0.2) is 24.3 Å². The van der Waals surface area contributed by atoms with Gasteiger partial charge in [-0.25, -0.2) is 4.79 Å². The maximum Gasteiger partial charge on any atom is 0.356 e. The SMILES string of the molecule is Cc1ccccc1OCC(O)C(=O)N1CCc2c(c(C(=O)O)nn2C)C1. The number of aromatic nitrogens is 2. The van der Waals surface area contributed by atoms with Crippen LogP contribution in [0.1, 0.15) is 27.3 Å². The van der Waals surface area contributed by atoms with Crippen molar-refractivity contribution in [2.45, 2.75) is 26.0 Å². The Bertz CT molecular complexity index is 845. The maximum atomic E-state index is 12.5. The van der Waals surface area contributed by atoms with Crippen molar-refractivity contribution < 1.29 is 24.5 Å². The van der Waals surface area contributed by atoms with Gasteiger partial charge < -0.3 is 19.8 Å². The minimum Gasteiger partial charge on any atom is -0.490 e. The molecular weight excluding hydrogens is 338 g/mol. The maximum absolute atomic E-state index is 12.5. The molecule has 1 aliphatic heterocycles. The van der Waals surface area contributed by atoms with Crippen LogP contribution in [-0.4, -0.2) is 56.0 Å². The number of benzene rings is 1. The van der Waals surface area contributed by atoms with Gasteiger partial charge in [0.25, 0.3) is 5.91 Å². The van der Waals surface area contributed by atoms with Crippen LogP contribution in [0.4, 0.5) is 0 Å². The number of rotatable bonds is 5. The lowest BCUT2D eigenvalue weighted by Crippen LogP contribution is -2.44. The lowest BCUT2D eigenvalue weighted by atomic mass is 10.0. The number of hydrogen-bond acceptors (Lipinski definition) is 5. The third kappa shape index (κ3) is 3.41. The number of carbonyl (C=O) groups is 2. The number of ether oxygens (including phenoxy) is 1. The quantitative estimate of drug-likeness (QED) is 0.816. The Labute approximate surface area is 150 Å². The summed E-state index contributed by atoms with van der Waals surface area (Å²) in [7, 11) is 1.69. The molecule has 0 radical (unpaired) electrons. The summed E-state index contributed by atoms with van der Waals surface area (Å²) in [6.07, 6.45) is -0.829. The molecule has 0 aliphatic carbocycles. The topological polar surface area (TPSA) is 105 Å². The fourth-order valence-electron chi connectivity index (χ4n) is 3.12. The second kappa shape index (κ2) is 7.17. The Morgan fingerprint density at radius 1 is 1.35 bits per heavy atom. The Kier molecular flexibility index (Phi) is 4.94. The normalized spacial score (nSPS) is 14.7. The summed E-state index contributed by atoms with van der Waals surface area (Å²) < 4.78 is 7.08. The molecule has 2 aromatic rings. The lowest BCUT2D eigenvalue weighted by molar-refractivity contribution is -0.142. The first-order valence-corrected chi connectivity index (χ1v) is 8.31. The molecule has 1 aromatic heterocycles. The van der Waals surface area contributed by atoms with Gasteiger partial charge in [-0.1, -0.05) is 18.2 Å². The second-order valence-corrected chi connectivity index (χ2v) is 6.30. The zero-order valence-corrected chi connectivity index (χ0v) is 14.7. The first-order valence-electron chi connectivity index (χ1n) is 8.31. The minimum absolute atomic E-state index is 0.0503. The van der Waals surface area contributed by atoms with Crippen LogP contribution in [0.3, 0.4) is 0 Å². The molecule has 1 amide bonds. The standard InChI is InChI=1S/C18H21N3O5/c1-11-5-3-4-6-15(11)26-10-14(22)17(23)21-8-7-13-12(9-21)16(18(24)25)19-20(13)2/h3-6,14,22H,7-10H2,1-2H3,(H,24,25). The van der Waals surface area contributed by atoms with Crippen molar-refractivity contribution in [3.63, 3.8) is 0 Å². The predicted molar refractivity (Wildman–Crippen MR) is 92.0 cm³/mol. The molecule has 0 fully saturated rings. The molecule has 1 atom stereocenters. The third-order valence-corrected chi connectivity index (χ3v) is 4.53. The van der Waals surface area contributed by atoms with Gasteiger partial charge in [0.15, 0.2) is 11.8 Å². The fourth-order valence-corrected chi connectivity index (χ4v) is 3.12. The molecule has 1 aliphatic rings. The number of amides is 1. The number of fused-ring (bicyclic) bond motifs is 1. The average Bonchev–Trinajstić information content (AvgIpc) is 2.96. The largest absolute Gasteiger partial charge is 0.490 e. The number of carboxylic acids is 1. The molecule has 26 heavy (non-hydrogen) atoms. The summed E-state index contributed by atoms with van der Waals surface area (Å²) in [4.78, 5) is 25.3. The highest BCUT2D eigenvalue weighted by Crippen LogP contribution is 2.23. The van der Waals surface area contributed by atoms with Crippen LogP contribution < -0.4 is 4.74 Å². The van der Waals surface area contributed by atoms with Gasteiger partial charge in [-0.3, -0.25) is 9.48 Å². The molecule has 0 spiro atoms. The van der Waals surface area contributed by atoms with Crippen LogP contribution in [0.25, 0.3) is 0 Å². The number of aliphatic hydroxyl groups excluding tert-OH is 1. The number of para-hydroxylation sites is 1. The summed E-state index contributed by atoms with van der Waals surface area (Å²) >= 11 is 0.